The first-order valence-electron chi connectivity index (χ1n) is 12.4. The zero-order chi connectivity index (χ0) is 27.5. The molecule has 39 heavy (non-hydrogen) atoms. The molecule has 0 aliphatic carbocycles. The molecule has 0 saturated carbocycles. The van der Waals surface area contributed by atoms with Gasteiger partial charge in [0.25, 0.3) is 0 Å². The molecule has 0 saturated heterocycles. The third-order valence-electron chi connectivity index (χ3n) is 6.68. The summed E-state index contributed by atoms with van der Waals surface area (Å²) < 4.78 is 32.5. The Bertz CT molecular complexity index is 1750. The van der Waals surface area contributed by atoms with Crippen LogP contribution in [0, 0.1) is 11.6 Å². The molecule has 0 amide bonds. The minimum Gasteiger partial charge on any atom is -0.477 e. The Morgan fingerprint density at radius 3 is 2.36 bits per heavy atom. The molecule has 0 aliphatic rings. The summed E-state index contributed by atoms with van der Waals surface area (Å²) >= 11 is 0. The number of carboxylic acids is 1. The number of pyridine rings is 1. The first kappa shape index (κ1) is 25.7. The number of nitrogens with two attached hydrogens (primary N) is 1. The van der Waals surface area contributed by atoms with Crippen molar-refractivity contribution in [2.45, 2.75) is 13.0 Å². The highest BCUT2D eigenvalue weighted by molar-refractivity contribution is 5.99. The van der Waals surface area contributed by atoms with E-state index in [1.54, 1.807) is 0 Å². The van der Waals surface area contributed by atoms with Crippen molar-refractivity contribution < 1.29 is 18.7 Å². The molecule has 5 N–H and O–H groups in total. The summed E-state index contributed by atoms with van der Waals surface area (Å²) in [5.74, 6) is -3.65. The Labute approximate surface area is 222 Å². The second kappa shape index (κ2) is 10.8. The van der Waals surface area contributed by atoms with Crippen molar-refractivity contribution >= 4 is 44.7 Å². The first-order chi connectivity index (χ1) is 18.9. The topological polar surface area (TPSA) is 109 Å². The Balaban J connectivity index is 1.47. The van der Waals surface area contributed by atoms with Gasteiger partial charge in [-0.05, 0) is 23.4 Å². The van der Waals surface area contributed by atoms with Gasteiger partial charge in [0.1, 0.15) is 11.3 Å². The number of rotatable bonds is 9. The lowest BCUT2D eigenvalue weighted by molar-refractivity contribution is 0.0694. The summed E-state index contributed by atoms with van der Waals surface area (Å²) in [4.78, 5) is 24.7. The van der Waals surface area contributed by atoms with E-state index in [0.717, 1.165) is 28.2 Å². The van der Waals surface area contributed by atoms with E-state index in [9.17, 15) is 14.7 Å². The maximum Gasteiger partial charge on any atom is 0.341 e. The molecular weight excluding hydrogens is 502 g/mol. The van der Waals surface area contributed by atoms with Gasteiger partial charge in [0, 0.05) is 36.9 Å². The van der Waals surface area contributed by atoms with Gasteiger partial charge in [-0.15, -0.1) is 0 Å². The van der Waals surface area contributed by atoms with Gasteiger partial charge in [0.05, 0.1) is 16.6 Å². The number of aryl methyl sites for hydroxylation is 2. The highest BCUT2D eigenvalue weighted by Gasteiger charge is 2.25. The first-order valence-corrected chi connectivity index (χ1v) is 12.4. The monoisotopic (exact) mass is 528 g/mol. The van der Waals surface area contributed by atoms with Crippen LogP contribution in [0.5, 0.6) is 0 Å². The highest BCUT2D eigenvalue weighted by atomic mass is 19.1. The van der Waals surface area contributed by atoms with Crippen LogP contribution in [0.4, 0.5) is 25.8 Å². The number of nitrogen functional groups attached to an aromatic ring is 1. The molecule has 0 fully saturated rings. The van der Waals surface area contributed by atoms with Crippen LogP contribution in [0.1, 0.15) is 15.9 Å². The lowest BCUT2D eigenvalue weighted by Gasteiger charge is -2.18. The predicted molar refractivity (Wildman–Crippen MR) is 151 cm³/mol. The third-order valence-corrected chi connectivity index (χ3v) is 6.68. The van der Waals surface area contributed by atoms with E-state index in [1.165, 1.54) is 4.57 Å². The van der Waals surface area contributed by atoms with Crippen molar-refractivity contribution in [1.29, 1.82) is 0 Å². The fourth-order valence-corrected chi connectivity index (χ4v) is 4.75. The van der Waals surface area contributed by atoms with Crippen molar-refractivity contribution in [2.75, 3.05) is 29.5 Å². The fourth-order valence-electron chi connectivity index (χ4n) is 4.75. The maximum atomic E-state index is 15.9. The number of carbonyl (C=O) groups is 1. The summed E-state index contributed by atoms with van der Waals surface area (Å²) in [5.41, 5.74) is 4.83. The number of hydrogen-bond donors (Lipinski definition) is 4. The molecule has 9 heteroatoms. The maximum absolute atomic E-state index is 15.9. The van der Waals surface area contributed by atoms with E-state index < -0.39 is 45.4 Å². The van der Waals surface area contributed by atoms with E-state index in [-0.39, 0.29) is 18.6 Å². The van der Waals surface area contributed by atoms with Crippen molar-refractivity contribution in [1.82, 2.24) is 4.57 Å². The van der Waals surface area contributed by atoms with Gasteiger partial charge < -0.3 is 26.0 Å². The summed E-state index contributed by atoms with van der Waals surface area (Å²) in [6.07, 6.45) is 1.51. The molecular formula is C30H26F2N4O3. The van der Waals surface area contributed by atoms with Crippen molar-refractivity contribution in [3.8, 4) is 0 Å². The minimum absolute atomic E-state index is 0.142. The number of fused-ring (bicyclic) bond motifs is 2. The van der Waals surface area contributed by atoms with Gasteiger partial charge in [-0.25, -0.2) is 13.6 Å². The Morgan fingerprint density at radius 2 is 1.59 bits per heavy atom. The molecule has 0 spiro atoms. The van der Waals surface area contributed by atoms with E-state index in [1.807, 2.05) is 72.8 Å². The summed E-state index contributed by atoms with van der Waals surface area (Å²) in [6, 6.07) is 23.0. The molecule has 0 bridgehead atoms. The number of carboxylic acid groups (broad SMARTS) is 1. The van der Waals surface area contributed by atoms with Crippen LogP contribution in [0.15, 0.2) is 83.8 Å². The van der Waals surface area contributed by atoms with E-state index in [4.69, 9.17) is 5.73 Å². The smallest absolute Gasteiger partial charge is 0.341 e. The van der Waals surface area contributed by atoms with Gasteiger partial charge >= 0.3 is 5.97 Å². The molecule has 0 unspecified atom stereocenters. The van der Waals surface area contributed by atoms with E-state index in [2.05, 4.69) is 10.6 Å². The number of aromatic nitrogens is 1. The molecule has 0 radical (unpaired) electrons. The molecule has 0 atom stereocenters. The average molecular weight is 529 g/mol. The minimum atomic E-state index is -1.50. The van der Waals surface area contributed by atoms with Crippen molar-refractivity contribution in [3.05, 3.63) is 112 Å². The van der Waals surface area contributed by atoms with E-state index >= 15 is 8.78 Å². The normalized spacial score (nSPS) is 11.1. The SMILES string of the molecule is Nc1c(F)c(NCCNc2cccc3ccccc23)c(F)c2c1c(=O)c(C(=O)O)cn2CCc1ccccc1. The van der Waals surface area contributed by atoms with Crippen LogP contribution < -0.4 is 21.8 Å². The van der Waals surface area contributed by atoms with Crippen molar-refractivity contribution in [3.63, 3.8) is 0 Å². The molecule has 1 aromatic heterocycles. The molecule has 4 aromatic carbocycles. The Morgan fingerprint density at radius 1 is 0.897 bits per heavy atom. The standard InChI is InChI=1S/C30H26F2N4O3/c31-24-26(33)23-28(36(17-21(29(23)37)30(38)39)16-13-18-7-2-1-3-8-18)25(32)27(24)35-15-14-34-22-12-6-10-19-9-4-5-11-20(19)22/h1-12,17,34-35H,13-16,33H2,(H,38,39). The van der Waals surface area contributed by atoms with Crippen LogP contribution in [-0.2, 0) is 13.0 Å². The van der Waals surface area contributed by atoms with Gasteiger partial charge in [0.2, 0.25) is 5.43 Å². The number of halogens is 2. The Kier molecular flexibility index (Phi) is 7.14. The second-order valence-electron chi connectivity index (χ2n) is 9.13. The average Bonchev–Trinajstić information content (AvgIpc) is 2.95. The van der Waals surface area contributed by atoms with Crippen LogP contribution in [0.25, 0.3) is 21.7 Å². The quantitative estimate of drug-likeness (QED) is 0.149. The van der Waals surface area contributed by atoms with Gasteiger partial charge in [-0.3, -0.25) is 4.79 Å². The van der Waals surface area contributed by atoms with Crippen molar-refractivity contribution in [2.24, 2.45) is 0 Å². The molecule has 5 aromatic rings. The van der Waals surface area contributed by atoms with Crippen LogP contribution >= 0.6 is 0 Å². The third kappa shape index (κ3) is 4.98. The fraction of sp³-hybridized carbons (Fsp3) is 0.133. The van der Waals surface area contributed by atoms with Gasteiger partial charge in [-0.2, -0.15) is 0 Å². The summed E-state index contributed by atoms with van der Waals surface area (Å²) in [5, 5.41) is 17.2. The Hall–Kier alpha value is -4.92. The number of nitrogens with zero attached hydrogens (tertiary/aromatic N) is 1. The second-order valence-corrected chi connectivity index (χ2v) is 9.13. The molecule has 7 nitrogen and oxygen atoms in total. The van der Waals surface area contributed by atoms with Crippen LogP contribution in [0.3, 0.4) is 0 Å². The van der Waals surface area contributed by atoms with Gasteiger partial charge in [-0.1, -0.05) is 66.7 Å². The molecule has 1 heterocycles. The number of hydrogen-bond acceptors (Lipinski definition) is 5. The zero-order valence-corrected chi connectivity index (χ0v) is 20.9. The molecule has 5 rings (SSSR count). The van der Waals surface area contributed by atoms with Gasteiger partial charge in [0.15, 0.2) is 11.6 Å². The largest absolute Gasteiger partial charge is 0.477 e. The number of anilines is 3. The lowest BCUT2D eigenvalue weighted by atomic mass is 10.1. The summed E-state index contributed by atoms with van der Waals surface area (Å²) in [6.45, 7) is 0.623. The summed E-state index contributed by atoms with van der Waals surface area (Å²) in [7, 11) is 0. The predicted octanol–water partition coefficient (Wildman–Crippen LogP) is 5.48. The molecule has 0 aliphatic heterocycles. The number of aromatic carboxylic acids is 1. The van der Waals surface area contributed by atoms with Crippen LogP contribution in [0.2, 0.25) is 0 Å². The highest BCUT2D eigenvalue weighted by Crippen LogP contribution is 2.33. The van der Waals surface area contributed by atoms with Crippen LogP contribution in [-0.4, -0.2) is 28.7 Å². The zero-order valence-electron chi connectivity index (χ0n) is 20.9. The lowest BCUT2D eigenvalue weighted by Crippen LogP contribution is -2.23. The number of nitrogens with one attached hydrogen (secondary N) is 2. The van der Waals surface area contributed by atoms with E-state index in [0.29, 0.717) is 13.0 Å². The number of benzene rings is 4. The molecule has 198 valence electrons.